The number of aryl methyl sites for hydroxylation is 1. The first-order valence-electron chi connectivity index (χ1n) is 9.47. The zero-order valence-corrected chi connectivity index (χ0v) is 17.7. The number of hydrogen-bond acceptors (Lipinski definition) is 6. The van der Waals surface area contributed by atoms with Crippen molar-refractivity contribution in [3.63, 3.8) is 0 Å². The highest BCUT2D eigenvalue weighted by molar-refractivity contribution is 7.14. The van der Waals surface area contributed by atoms with Gasteiger partial charge in [0.1, 0.15) is 23.1 Å². The molecule has 3 N–H and O–H groups in total. The van der Waals surface area contributed by atoms with E-state index in [2.05, 4.69) is 25.6 Å². The van der Waals surface area contributed by atoms with Crippen LogP contribution in [0.25, 0.3) is 11.4 Å². The second-order valence-electron chi connectivity index (χ2n) is 6.80. The molecular formula is C22H20FN5O2S. The Labute approximate surface area is 182 Å². The fraction of sp³-hybridized carbons (Fsp3) is 0.136. The smallest absolute Gasteiger partial charge is 0.271 e. The van der Waals surface area contributed by atoms with E-state index in [1.54, 1.807) is 30.8 Å². The number of aromatic amines is 1. The number of rotatable bonds is 7. The number of imidazole rings is 1. The maximum Gasteiger partial charge on any atom is 0.271 e. The van der Waals surface area contributed by atoms with Crippen LogP contribution in [-0.4, -0.2) is 28.0 Å². The van der Waals surface area contributed by atoms with Crippen molar-refractivity contribution in [2.24, 2.45) is 0 Å². The predicted octanol–water partition coefficient (Wildman–Crippen LogP) is 4.66. The van der Waals surface area contributed by atoms with Crippen molar-refractivity contribution in [2.45, 2.75) is 13.5 Å². The molecule has 2 aromatic heterocycles. The normalized spacial score (nSPS) is 10.7. The number of amides is 1. The summed E-state index contributed by atoms with van der Waals surface area (Å²) in [6.45, 7) is 2.24. The minimum absolute atomic E-state index is 0.296. The van der Waals surface area contributed by atoms with Crippen LogP contribution in [0.2, 0.25) is 0 Å². The van der Waals surface area contributed by atoms with Crippen LogP contribution in [0.1, 0.15) is 21.7 Å². The van der Waals surface area contributed by atoms with Gasteiger partial charge in [0, 0.05) is 35.6 Å². The molecule has 0 saturated carbocycles. The van der Waals surface area contributed by atoms with E-state index in [0.717, 1.165) is 28.3 Å². The lowest BCUT2D eigenvalue weighted by molar-refractivity contribution is 0.0946. The molecule has 2 aromatic carbocycles. The minimum atomic E-state index is -0.311. The first-order chi connectivity index (χ1) is 15.0. The molecule has 0 atom stereocenters. The zero-order valence-electron chi connectivity index (χ0n) is 16.9. The Hall–Kier alpha value is -3.72. The fourth-order valence-corrected chi connectivity index (χ4v) is 3.66. The molecule has 1 amide bonds. The molecule has 0 aliphatic carbocycles. The van der Waals surface area contributed by atoms with E-state index in [9.17, 15) is 9.18 Å². The van der Waals surface area contributed by atoms with Gasteiger partial charge in [-0.05, 0) is 36.8 Å². The van der Waals surface area contributed by atoms with Crippen LogP contribution in [0.4, 0.5) is 15.2 Å². The molecule has 0 radical (unpaired) electrons. The largest absolute Gasteiger partial charge is 0.496 e. The molecule has 4 rings (SSSR count). The van der Waals surface area contributed by atoms with E-state index in [1.165, 1.54) is 23.5 Å². The average molecular weight is 438 g/mol. The van der Waals surface area contributed by atoms with Crippen molar-refractivity contribution < 1.29 is 13.9 Å². The Kier molecular flexibility index (Phi) is 5.94. The number of H-pyrrole nitrogens is 1. The summed E-state index contributed by atoms with van der Waals surface area (Å²) in [6.07, 6.45) is 1.76. The van der Waals surface area contributed by atoms with E-state index >= 15 is 0 Å². The van der Waals surface area contributed by atoms with E-state index in [4.69, 9.17) is 4.74 Å². The SMILES string of the molecule is COc1cc(Nc2nc(C(=O)NCc3ccc(F)cc3)cs2)ccc1-c1ncc(C)[nH]1. The highest BCUT2D eigenvalue weighted by Gasteiger charge is 2.13. The standard InChI is InChI=1S/C22H20FN5O2S/c1-13-10-24-20(26-13)17-8-7-16(9-19(17)30-2)27-22-28-18(12-31-22)21(29)25-11-14-3-5-15(23)6-4-14/h3-10,12H,11H2,1-2H3,(H,24,26)(H,25,29)(H,27,28). The molecule has 0 spiro atoms. The quantitative estimate of drug-likeness (QED) is 0.391. The number of methoxy groups -OCH3 is 1. The second kappa shape index (κ2) is 8.97. The molecule has 31 heavy (non-hydrogen) atoms. The fourth-order valence-electron chi connectivity index (χ4n) is 2.95. The van der Waals surface area contributed by atoms with E-state index in [-0.39, 0.29) is 11.7 Å². The van der Waals surface area contributed by atoms with E-state index in [1.807, 2.05) is 25.1 Å². The number of benzene rings is 2. The van der Waals surface area contributed by atoms with Crippen molar-refractivity contribution in [1.29, 1.82) is 0 Å². The lowest BCUT2D eigenvalue weighted by Gasteiger charge is -2.09. The van der Waals surface area contributed by atoms with Crippen molar-refractivity contribution in [2.75, 3.05) is 12.4 Å². The topological polar surface area (TPSA) is 91.9 Å². The van der Waals surface area contributed by atoms with Gasteiger partial charge < -0.3 is 20.4 Å². The average Bonchev–Trinajstić information content (AvgIpc) is 3.42. The number of nitrogens with zero attached hydrogens (tertiary/aromatic N) is 2. The van der Waals surface area contributed by atoms with Gasteiger partial charge in [-0.3, -0.25) is 4.79 Å². The van der Waals surface area contributed by atoms with Crippen LogP contribution in [-0.2, 0) is 6.54 Å². The minimum Gasteiger partial charge on any atom is -0.496 e. The first kappa shape index (κ1) is 20.5. The summed E-state index contributed by atoms with van der Waals surface area (Å²) in [4.78, 5) is 24.2. The Bertz CT molecular complexity index is 1200. The number of anilines is 2. The molecule has 0 saturated heterocycles. The maximum absolute atomic E-state index is 13.0. The molecule has 0 aliphatic heterocycles. The Morgan fingerprint density at radius 1 is 1.23 bits per heavy atom. The number of ether oxygens (including phenoxy) is 1. The van der Waals surface area contributed by atoms with Crippen LogP contribution in [0.3, 0.4) is 0 Å². The summed E-state index contributed by atoms with van der Waals surface area (Å²) in [7, 11) is 1.60. The van der Waals surface area contributed by atoms with E-state index < -0.39 is 0 Å². The molecule has 158 valence electrons. The highest BCUT2D eigenvalue weighted by Crippen LogP contribution is 2.32. The third-order valence-electron chi connectivity index (χ3n) is 4.51. The third kappa shape index (κ3) is 4.89. The molecule has 4 aromatic rings. The zero-order chi connectivity index (χ0) is 21.8. The predicted molar refractivity (Wildman–Crippen MR) is 118 cm³/mol. The van der Waals surface area contributed by atoms with Crippen LogP contribution in [0.15, 0.2) is 54.0 Å². The molecule has 0 aliphatic rings. The van der Waals surface area contributed by atoms with E-state index in [0.29, 0.717) is 23.1 Å². The molecule has 2 heterocycles. The van der Waals surface area contributed by atoms with Gasteiger partial charge in [0.15, 0.2) is 5.13 Å². The molecule has 7 nitrogen and oxygen atoms in total. The summed E-state index contributed by atoms with van der Waals surface area (Å²) in [5, 5.41) is 8.23. The summed E-state index contributed by atoms with van der Waals surface area (Å²) in [6, 6.07) is 11.6. The van der Waals surface area contributed by atoms with Gasteiger partial charge >= 0.3 is 0 Å². The Balaban J connectivity index is 1.42. The molecular weight excluding hydrogens is 417 g/mol. The second-order valence-corrected chi connectivity index (χ2v) is 7.66. The van der Waals surface area contributed by atoms with Crippen molar-refractivity contribution in [3.05, 3.63) is 76.8 Å². The molecule has 0 bridgehead atoms. The van der Waals surface area contributed by atoms with Gasteiger partial charge in [-0.25, -0.2) is 14.4 Å². The number of hydrogen-bond donors (Lipinski definition) is 3. The number of carbonyl (C=O) groups excluding carboxylic acids is 1. The number of carbonyl (C=O) groups is 1. The number of thiazole rings is 1. The van der Waals surface area contributed by atoms with Gasteiger partial charge in [-0.15, -0.1) is 11.3 Å². The van der Waals surface area contributed by atoms with Crippen LogP contribution in [0, 0.1) is 12.7 Å². The highest BCUT2D eigenvalue weighted by atomic mass is 32.1. The van der Waals surface area contributed by atoms with Crippen LogP contribution in [0.5, 0.6) is 5.75 Å². The van der Waals surface area contributed by atoms with Gasteiger partial charge in [0.05, 0.1) is 12.7 Å². The summed E-state index contributed by atoms with van der Waals surface area (Å²) < 4.78 is 18.5. The van der Waals surface area contributed by atoms with Gasteiger partial charge in [0.2, 0.25) is 0 Å². The van der Waals surface area contributed by atoms with Crippen molar-refractivity contribution >= 4 is 28.1 Å². The summed E-state index contributed by atoms with van der Waals surface area (Å²) >= 11 is 1.32. The molecule has 0 fully saturated rings. The van der Waals surface area contributed by atoms with Gasteiger partial charge in [0.25, 0.3) is 5.91 Å². The summed E-state index contributed by atoms with van der Waals surface area (Å²) in [5.41, 5.74) is 3.71. The lowest BCUT2D eigenvalue weighted by Crippen LogP contribution is -2.23. The Morgan fingerprint density at radius 2 is 2.03 bits per heavy atom. The van der Waals surface area contributed by atoms with Gasteiger partial charge in [-0.2, -0.15) is 0 Å². The lowest BCUT2D eigenvalue weighted by atomic mass is 10.1. The number of aromatic nitrogens is 3. The van der Waals surface area contributed by atoms with Crippen molar-refractivity contribution in [3.8, 4) is 17.1 Å². The number of halogens is 1. The number of nitrogens with one attached hydrogen (secondary N) is 3. The Morgan fingerprint density at radius 3 is 2.74 bits per heavy atom. The molecule has 0 unspecified atom stereocenters. The summed E-state index contributed by atoms with van der Waals surface area (Å²) in [5.74, 6) is 0.785. The monoisotopic (exact) mass is 437 g/mol. The van der Waals surface area contributed by atoms with Crippen LogP contribution < -0.4 is 15.4 Å². The first-order valence-corrected chi connectivity index (χ1v) is 10.3. The maximum atomic E-state index is 13.0. The van der Waals surface area contributed by atoms with Gasteiger partial charge in [-0.1, -0.05) is 12.1 Å². The van der Waals surface area contributed by atoms with Crippen LogP contribution >= 0.6 is 11.3 Å². The van der Waals surface area contributed by atoms with Crippen molar-refractivity contribution in [1.82, 2.24) is 20.3 Å². The molecule has 9 heteroatoms. The third-order valence-corrected chi connectivity index (χ3v) is 5.27.